The number of aromatic nitrogens is 2. The third kappa shape index (κ3) is 4.46. The Balaban J connectivity index is 1.46. The van der Waals surface area contributed by atoms with Crippen molar-refractivity contribution in [1.29, 1.82) is 0 Å². The smallest absolute Gasteiger partial charge is 0.316 e. The lowest BCUT2D eigenvalue weighted by Gasteiger charge is -2.05. The molecule has 0 unspecified atom stereocenters. The second-order valence-corrected chi connectivity index (χ2v) is 5.74. The van der Waals surface area contributed by atoms with Crippen LogP contribution in [0.25, 0.3) is 11.4 Å². The van der Waals surface area contributed by atoms with Gasteiger partial charge >= 0.3 is 11.8 Å². The molecule has 0 saturated carbocycles. The molecule has 2 aromatic carbocycles. The number of halogens is 1. The van der Waals surface area contributed by atoms with Crippen LogP contribution in [0, 0.1) is 0 Å². The van der Waals surface area contributed by atoms with Crippen LogP contribution in [0.1, 0.15) is 21.0 Å². The summed E-state index contributed by atoms with van der Waals surface area (Å²) in [6.07, 6.45) is 0. The van der Waals surface area contributed by atoms with Gasteiger partial charge in [0.05, 0.1) is 0 Å². The Labute approximate surface area is 154 Å². The topological polar surface area (TPSA) is 97.1 Å². The Morgan fingerprint density at radius 1 is 0.923 bits per heavy atom. The highest BCUT2D eigenvalue weighted by Gasteiger charge is 2.15. The van der Waals surface area contributed by atoms with Gasteiger partial charge < -0.3 is 15.2 Å². The molecule has 2 amide bonds. The molecule has 0 fully saturated rings. The molecule has 26 heavy (non-hydrogen) atoms. The molecule has 132 valence electrons. The Morgan fingerprint density at radius 2 is 1.58 bits per heavy atom. The van der Waals surface area contributed by atoms with Crippen LogP contribution in [0.4, 0.5) is 0 Å². The molecular weight excluding hydrogens is 356 g/mol. The highest BCUT2D eigenvalue weighted by Crippen LogP contribution is 2.14. The molecule has 0 aliphatic heterocycles. The zero-order valence-corrected chi connectivity index (χ0v) is 14.4. The van der Waals surface area contributed by atoms with Gasteiger partial charge in [0.25, 0.3) is 5.91 Å². The number of carbonyl (C=O) groups excluding carboxylic acids is 2. The molecule has 2 N–H and O–H groups in total. The van der Waals surface area contributed by atoms with E-state index in [1.165, 1.54) is 0 Å². The minimum Gasteiger partial charge on any atom is -0.350 e. The van der Waals surface area contributed by atoms with Crippen molar-refractivity contribution in [3.63, 3.8) is 0 Å². The summed E-state index contributed by atoms with van der Waals surface area (Å²) < 4.78 is 4.97. The van der Waals surface area contributed by atoms with Crippen molar-refractivity contribution in [3.05, 3.63) is 71.1 Å². The van der Waals surface area contributed by atoms with Gasteiger partial charge in [0.2, 0.25) is 5.82 Å². The molecule has 1 heterocycles. The number of benzene rings is 2. The third-order valence-corrected chi connectivity index (χ3v) is 3.71. The normalized spacial score (nSPS) is 10.3. The fourth-order valence-electron chi connectivity index (χ4n) is 2.15. The van der Waals surface area contributed by atoms with E-state index in [2.05, 4.69) is 20.8 Å². The van der Waals surface area contributed by atoms with Crippen molar-refractivity contribution in [2.75, 3.05) is 13.1 Å². The summed E-state index contributed by atoms with van der Waals surface area (Å²) in [6, 6.07) is 15.7. The number of hydrogen-bond donors (Lipinski definition) is 2. The van der Waals surface area contributed by atoms with Gasteiger partial charge in [-0.2, -0.15) is 4.98 Å². The summed E-state index contributed by atoms with van der Waals surface area (Å²) in [5.74, 6) is -0.542. The molecule has 8 heteroatoms. The van der Waals surface area contributed by atoms with Crippen molar-refractivity contribution in [2.24, 2.45) is 0 Å². The third-order valence-electron chi connectivity index (χ3n) is 3.45. The van der Waals surface area contributed by atoms with Gasteiger partial charge in [-0.15, -0.1) is 0 Å². The molecule has 7 nitrogen and oxygen atoms in total. The SMILES string of the molecule is O=C(NCCNC(=O)c1nc(-c2ccccc2)no1)c1ccc(Cl)cc1. The van der Waals surface area contributed by atoms with Crippen molar-refractivity contribution >= 4 is 23.4 Å². The van der Waals surface area contributed by atoms with Crippen molar-refractivity contribution in [1.82, 2.24) is 20.8 Å². The van der Waals surface area contributed by atoms with E-state index >= 15 is 0 Å². The van der Waals surface area contributed by atoms with Crippen LogP contribution in [0.2, 0.25) is 5.02 Å². The summed E-state index contributed by atoms with van der Waals surface area (Å²) in [5.41, 5.74) is 1.25. The van der Waals surface area contributed by atoms with Crippen LogP contribution in [-0.4, -0.2) is 35.0 Å². The second-order valence-electron chi connectivity index (χ2n) is 5.31. The Bertz CT molecular complexity index is 894. The maximum atomic E-state index is 12.0. The lowest BCUT2D eigenvalue weighted by atomic mass is 10.2. The van der Waals surface area contributed by atoms with E-state index in [4.69, 9.17) is 16.1 Å². The van der Waals surface area contributed by atoms with Crippen LogP contribution in [0.5, 0.6) is 0 Å². The van der Waals surface area contributed by atoms with Crippen LogP contribution >= 0.6 is 11.6 Å². The van der Waals surface area contributed by atoms with E-state index in [9.17, 15) is 9.59 Å². The van der Waals surface area contributed by atoms with E-state index in [0.717, 1.165) is 5.56 Å². The zero-order chi connectivity index (χ0) is 18.4. The number of hydrogen-bond acceptors (Lipinski definition) is 5. The predicted octanol–water partition coefficient (Wildman–Crippen LogP) is 2.55. The van der Waals surface area contributed by atoms with E-state index in [-0.39, 0.29) is 24.9 Å². The monoisotopic (exact) mass is 370 g/mol. The zero-order valence-electron chi connectivity index (χ0n) is 13.6. The number of carbonyl (C=O) groups is 2. The van der Waals surface area contributed by atoms with E-state index < -0.39 is 5.91 Å². The van der Waals surface area contributed by atoms with Crippen LogP contribution < -0.4 is 10.6 Å². The Morgan fingerprint density at radius 3 is 2.27 bits per heavy atom. The van der Waals surface area contributed by atoms with Crippen LogP contribution in [0.3, 0.4) is 0 Å². The quantitative estimate of drug-likeness (QED) is 0.650. The first kappa shape index (κ1) is 17.6. The average Bonchev–Trinajstić information content (AvgIpc) is 3.16. The first-order valence-corrected chi connectivity index (χ1v) is 8.22. The molecule has 0 aliphatic rings. The van der Waals surface area contributed by atoms with Gasteiger partial charge in [0.15, 0.2) is 0 Å². The fourth-order valence-corrected chi connectivity index (χ4v) is 2.28. The molecule has 3 aromatic rings. The largest absolute Gasteiger partial charge is 0.350 e. The van der Waals surface area contributed by atoms with Gasteiger partial charge in [-0.3, -0.25) is 9.59 Å². The number of rotatable bonds is 6. The summed E-state index contributed by atoms with van der Waals surface area (Å²) in [5, 5.41) is 9.64. The highest BCUT2D eigenvalue weighted by molar-refractivity contribution is 6.30. The Kier molecular flexibility index (Phi) is 5.60. The maximum Gasteiger partial charge on any atom is 0.316 e. The molecule has 3 rings (SSSR count). The molecule has 1 aromatic heterocycles. The molecule has 0 atom stereocenters. The molecule has 0 aliphatic carbocycles. The maximum absolute atomic E-state index is 12.0. The lowest BCUT2D eigenvalue weighted by Crippen LogP contribution is -2.34. The predicted molar refractivity (Wildman–Crippen MR) is 95.9 cm³/mol. The summed E-state index contributed by atoms with van der Waals surface area (Å²) in [6.45, 7) is 0.480. The summed E-state index contributed by atoms with van der Waals surface area (Å²) in [4.78, 5) is 28.0. The van der Waals surface area contributed by atoms with E-state index in [1.807, 2.05) is 30.3 Å². The Hall–Kier alpha value is -3.19. The number of nitrogens with one attached hydrogen (secondary N) is 2. The standard InChI is InChI=1S/C18H15ClN4O3/c19-14-8-6-13(7-9-14)16(24)20-10-11-21-17(25)18-22-15(23-26-18)12-4-2-1-3-5-12/h1-9H,10-11H2,(H,20,24)(H,21,25). The van der Waals surface area contributed by atoms with Crippen LogP contribution in [-0.2, 0) is 0 Å². The summed E-state index contributed by atoms with van der Waals surface area (Å²) in [7, 11) is 0. The van der Waals surface area contributed by atoms with Crippen molar-refractivity contribution in [3.8, 4) is 11.4 Å². The molecular formula is C18H15ClN4O3. The van der Waals surface area contributed by atoms with Gasteiger partial charge in [0.1, 0.15) is 0 Å². The lowest BCUT2D eigenvalue weighted by molar-refractivity contribution is 0.0898. The minimum absolute atomic E-state index is 0.132. The van der Waals surface area contributed by atoms with Gasteiger partial charge in [-0.1, -0.05) is 47.1 Å². The number of amides is 2. The van der Waals surface area contributed by atoms with Crippen molar-refractivity contribution in [2.45, 2.75) is 0 Å². The minimum atomic E-state index is -0.500. The van der Waals surface area contributed by atoms with E-state index in [1.54, 1.807) is 24.3 Å². The van der Waals surface area contributed by atoms with Crippen molar-refractivity contribution < 1.29 is 14.1 Å². The highest BCUT2D eigenvalue weighted by atomic mass is 35.5. The first-order valence-electron chi connectivity index (χ1n) is 7.84. The first-order chi connectivity index (χ1) is 12.6. The van der Waals surface area contributed by atoms with Gasteiger partial charge in [-0.25, -0.2) is 0 Å². The average molecular weight is 371 g/mol. The molecule has 0 radical (unpaired) electrons. The number of nitrogens with zero attached hydrogens (tertiary/aromatic N) is 2. The molecule has 0 saturated heterocycles. The summed E-state index contributed by atoms with van der Waals surface area (Å²) >= 11 is 5.78. The second kappa shape index (κ2) is 8.26. The molecule has 0 spiro atoms. The molecule has 0 bridgehead atoms. The fraction of sp³-hybridized carbons (Fsp3) is 0.111. The van der Waals surface area contributed by atoms with E-state index in [0.29, 0.717) is 16.4 Å². The van der Waals surface area contributed by atoms with Gasteiger partial charge in [0, 0.05) is 29.2 Å². The van der Waals surface area contributed by atoms with Crippen LogP contribution in [0.15, 0.2) is 59.1 Å². The van der Waals surface area contributed by atoms with Gasteiger partial charge in [-0.05, 0) is 24.3 Å².